The second-order valence-corrected chi connectivity index (χ2v) is 5.03. The van der Waals surface area contributed by atoms with Gasteiger partial charge in [-0.05, 0) is 6.42 Å². The Kier molecular flexibility index (Phi) is 4.34. The van der Waals surface area contributed by atoms with Crippen LogP contribution in [0.3, 0.4) is 0 Å². The molecule has 0 bridgehead atoms. The summed E-state index contributed by atoms with van der Waals surface area (Å²) in [4.78, 5) is 2.12. The van der Waals surface area contributed by atoms with Crippen LogP contribution in [0.15, 0.2) is 5.16 Å². The second-order valence-electron chi connectivity index (χ2n) is 3.33. The van der Waals surface area contributed by atoms with Crippen molar-refractivity contribution in [2.24, 2.45) is 10.9 Å². The Morgan fingerprint density at radius 2 is 2.21 bits per heavy atom. The monoisotopic (exact) mass is 219 g/mol. The summed E-state index contributed by atoms with van der Waals surface area (Å²) in [5.74, 6) is 1.63. The molecule has 1 aliphatic heterocycles. The first-order valence-corrected chi connectivity index (χ1v) is 6.24. The Balaban J connectivity index is 2.57. The maximum absolute atomic E-state index is 11.1. The zero-order valence-corrected chi connectivity index (χ0v) is 9.16. The number of hydrogen-bond donors (Lipinski definition) is 2. The highest BCUT2D eigenvalue weighted by atomic mass is 32.2. The first kappa shape index (κ1) is 11.5. The maximum atomic E-state index is 11.1. The minimum atomic E-state index is -0.679. The van der Waals surface area contributed by atoms with Crippen LogP contribution < -0.4 is 5.73 Å². The molecular formula is C8H17N3O2S. The molecule has 1 fully saturated rings. The van der Waals surface area contributed by atoms with Crippen molar-refractivity contribution in [1.29, 1.82) is 0 Å². The van der Waals surface area contributed by atoms with Crippen molar-refractivity contribution in [3.8, 4) is 0 Å². The van der Waals surface area contributed by atoms with Gasteiger partial charge in [-0.15, -0.1) is 0 Å². The van der Waals surface area contributed by atoms with E-state index in [9.17, 15) is 4.21 Å². The molecule has 14 heavy (non-hydrogen) atoms. The van der Waals surface area contributed by atoms with Crippen molar-refractivity contribution < 1.29 is 9.42 Å². The summed E-state index contributed by atoms with van der Waals surface area (Å²) in [5, 5.41) is 11.6. The third-order valence-corrected chi connectivity index (χ3v) is 3.77. The molecule has 0 aromatic heterocycles. The zero-order valence-electron chi connectivity index (χ0n) is 8.35. The van der Waals surface area contributed by atoms with E-state index in [1.54, 1.807) is 0 Å². The van der Waals surface area contributed by atoms with Gasteiger partial charge in [0.25, 0.3) is 0 Å². The van der Waals surface area contributed by atoms with Gasteiger partial charge in [0.05, 0.1) is 6.04 Å². The van der Waals surface area contributed by atoms with Gasteiger partial charge in [-0.3, -0.25) is 9.11 Å². The number of nitrogens with zero attached hydrogens (tertiary/aromatic N) is 2. The second kappa shape index (κ2) is 5.31. The first-order valence-electron chi connectivity index (χ1n) is 4.75. The molecule has 0 radical (unpaired) electrons. The third-order valence-electron chi connectivity index (χ3n) is 2.50. The smallest absolute Gasteiger partial charge is 0.156 e. The topological polar surface area (TPSA) is 78.9 Å². The van der Waals surface area contributed by atoms with Crippen molar-refractivity contribution in [3.63, 3.8) is 0 Å². The zero-order chi connectivity index (χ0) is 10.6. The fraction of sp³-hybridized carbons (Fsp3) is 0.875. The van der Waals surface area contributed by atoms with E-state index < -0.39 is 10.8 Å². The maximum Gasteiger partial charge on any atom is 0.156 e. The van der Waals surface area contributed by atoms with Gasteiger partial charge in [0.15, 0.2) is 5.84 Å². The average Bonchev–Trinajstić information content (AvgIpc) is 2.21. The molecule has 1 saturated heterocycles. The van der Waals surface area contributed by atoms with E-state index in [4.69, 9.17) is 10.9 Å². The molecule has 1 unspecified atom stereocenters. The molecule has 82 valence electrons. The molecule has 0 amide bonds. The highest BCUT2D eigenvalue weighted by molar-refractivity contribution is 7.85. The highest BCUT2D eigenvalue weighted by Crippen LogP contribution is 2.08. The SMILES string of the molecule is CCC(C(N)=NO)N1CCS(=O)CC1. The number of oxime groups is 1. The number of amidine groups is 1. The number of rotatable bonds is 3. The standard InChI is InChI=1S/C8H17N3O2S/c1-2-7(8(9)10-12)11-3-5-14(13)6-4-11/h7,12H,2-6H2,1H3,(H2,9,10). The van der Waals surface area contributed by atoms with Gasteiger partial charge < -0.3 is 10.9 Å². The van der Waals surface area contributed by atoms with Crippen molar-refractivity contribution in [3.05, 3.63) is 0 Å². The Hall–Kier alpha value is -0.620. The summed E-state index contributed by atoms with van der Waals surface area (Å²) >= 11 is 0. The summed E-state index contributed by atoms with van der Waals surface area (Å²) in [6.07, 6.45) is 0.808. The quantitative estimate of drug-likeness (QED) is 0.292. The molecule has 1 heterocycles. The lowest BCUT2D eigenvalue weighted by atomic mass is 10.1. The Labute approximate surface area is 86.4 Å². The van der Waals surface area contributed by atoms with Crippen LogP contribution in [0.4, 0.5) is 0 Å². The molecule has 1 atom stereocenters. The van der Waals surface area contributed by atoms with Gasteiger partial charge in [0, 0.05) is 35.4 Å². The van der Waals surface area contributed by atoms with Crippen molar-refractivity contribution in [1.82, 2.24) is 4.90 Å². The molecule has 0 aliphatic carbocycles. The Bertz CT molecular complexity index is 235. The van der Waals surface area contributed by atoms with Crippen LogP contribution in [0.25, 0.3) is 0 Å². The van der Waals surface area contributed by atoms with Crippen LogP contribution in [0.2, 0.25) is 0 Å². The average molecular weight is 219 g/mol. The lowest BCUT2D eigenvalue weighted by molar-refractivity contribution is 0.246. The Morgan fingerprint density at radius 1 is 1.64 bits per heavy atom. The molecule has 0 saturated carbocycles. The molecule has 5 nitrogen and oxygen atoms in total. The van der Waals surface area contributed by atoms with E-state index in [-0.39, 0.29) is 11.9 Å². The first-order chi connectivity index (χ1) is 6.69. The fourth-order valence-electron chi connectivity index (χ4n) is 1.68. The highest BCUT2D eigenvalue weighted by Gasteiger charge is 2.24. The van der Waals surface area contributed by atoms with Crippen molar-refractivity contribution >= 4 is 16.6 Å². The molecular weight excluding hydrogens is 202 g/mol. The lowest BCUT2D eigenvalue weighted by Gasteiger charge is -2.32. The molecule has 6 heteroatoms. The summed E-state index contributed by atoms with van der Waals surface area (Å²) < 4.78 is 11.1. The predicted octanol–water partition coefficient (Wildman–Crippen LogP) is -0.424. The number of nitrogens with two attached hydrogens (primary N) is 1. The summed E-state index contributed by atoms with van der Waals surface area (Å²) in [6.45, 7) is 3.52. The van der Waals surface area contributed by atoms with E-state index in [0.717, 1.165) is 19.5 Å². The van der Waals surface area contributed by atoms with Gasteiger partial charge in [-0.2, -0.15) is 0 Å². The van der Waals surface area contributed by atoms with E-state index in [0.29, 0.717) is 11.5 Å². The van der Waals surface area contributed by atoms with Crippen molar-refractivity contribution in [2.75, 3.05) is 24.6 Å². The molecule has 0 aromatic rings. The summed E-state index contributed by atoms with van der Waals surface area (Å²) in [7, 11) is -0.679. The van der Waals surface area contributed by atoms with Gasteiger partial charge >= 0.3 is 0 Å². The predicted molar refractivity (Wildman–Crippen MR) is 56.9 cm³/mol. The summed E-state index contributed by atoms with van der Waals surface area (Å²) in [6, 6.07) is -0.0164. The van der Waals surface area contributed by atoms with Crippen LogP contribution in [0, 0.1) is 0 Å². The van der Waals surface area contributed by atoms with E-state index in [1.807, 2.05) is 6.92 Å². The largest absolute Gasteiger partial charge is 0.409 e. The molecule has 0 spiro atoms. The van der Waals surface area contributed by atoms with Crippen LogP contribution in [-0.4, -0.2) is 50.8 Å². The van der Waals surface area contributed by atoms with Crippen LogP contribution in [0.1, 0.15) is 13.3 Å². The normalized spacial score (nSPS) is 23.6. The Morgan fingerprint density at radius 3 is 2.64 bits per heavy atom. The van der Waals surface area contributed by atoms with E-state index in [2.05, 4.69) is 10.1 Å². The molecule has 3 N–H and O–H groups in total. The van der Waals surface area contributed by atoms with Gasteiger partial charge in [0.1, 0.15) is 0 Å². The fourth-order valence-corrected chi connectivity index (χ4v) is 2.77. The lowest BCUT2D eigenvalue weighted by Crippen LogP contribution is -2.50. The summed E-state index contributed by atoms with van der Waals surface area (Å²) in [5.41, 5.74) is 5.58. The molecule has 1 aliphatic rings. The van der Waals surface area contributed by atoms with E-state index in [1.165, 1.54) is 0 Å². The van der Waals surface area contributed by atoms with Crippen molar-refractivity contribution in [2.45, 2.75) is 19.4 Å². The minimum absolute atomic E-state index is 0.0164. The van der Waals surface area contributed by atoms with Crippen LogP contribution in [-0.2, 0) is 10.8 Å². The van der Waals surface area contributed by atoms with Crippen LogP contribution in [0.5, 0.6) is 0 Å². The van der Waals surface area contributed by atoms with E-state index >= 15 is 0 Å². The minimum Gasteiger partial charge on any atom is -0.409 e. The van der Waals surface area contributed by atoms with Gasteiger partial charge in [-0.25, -0.2) is 0 Å². The molecule has 1 rings (SSSR count). The third kappa shape index (κ3) is 2.68. The van der Waals surface area contributed by atoms with Gasteiger partial charge in [-0.1, -0.05) is 12.1 Å². The molecule has 0 aromatic carbocycles. The number of hydrogen-bond acceptors (Lipinski definition) is 4. The van der Waals surface area contributed by atoms with Crippen LogP contribution >= 0.6 is 0 Å². The van der Waals surface area contributed by atoms with Gasteiger partial charge in [0.2, 0.25) is 0 Å².